The number of aliphatic hydroxyl groups excluding tert-OH is 1. The predicted molar refractivity (Wildman–Crippen MR) is 54.2 cm³/mol. The molecular weight excluding hydrogens is 202 g/mol. The second kappa shape index (κ2) is 4.34. The fraction of sp³-hybridized carbons (Fsp3) is 0.600. The zero-order chi connectivity index (χ0) is 9.97. The molecule has 1 aromatic rings. The Balaban J connectivity index is 1.63. The third kappa shape index (κ3) is 2.50. The number of nitrogens with one attached hydrogen (secondary N) is 1. The highest BCUT2D eigenvalue weighted by Gasteiger charge is 2.26. The highest BCUT2D eigenvalue weighted by Crippen LogP contribution is 2.26. The van der Waals surface area contributed by atoms with Crippen molar-refractivity contribution in [3.63, 3.8) is 0 Å². The standard InChI is InChI=1S/C10H14ClNO2/c11-10-2-1-9(14-10)6-12-5-7-3-8(13)4-7/h1-2,7-8,12-13H,3-6H2. The number of hydrogen-bond donors (Lipinski definition) is 2. The summed E-state index contributed by atoms with van der Waals surface area (Å²) in [6.45, 7) is 1.65. The Morgan fingerprint density at radius 2 is 2.29 bits per heavy atom. The van der Waals surface area contributed by atoms with Crippen LogP contribution < -0.4 is 5.32 Å². The lowest BCUT2D eigenvalue weighted by atomic mass is 9.82. The van der Waals surface area contributed by atoms with Crippen molar-refractivity contribution < 1.29 is 9.52 Å². The molecule has 1 saturated carbocycles. The van der Waals surface area contributed by atoms with E-state index >= 15 is 0 Å². The molecule has 1 aliphatic rings. The van der Waals surface area contributed by atoms with Crippen molar-refractivity contribution in [2.24, 2.45) is 5.92 Å². The summed E-state index contributed by atoms with van der Waals surface area (Å²) < 4.78 is 5.19. The zero-order valence-electron chi connectivity index (χ0n) is 7.87. The maximum Gasteiger partial charge on any atom is 0.193 e. The highest BCUT2D eigenvalue weighted by molar-refractivity contribution is 6.28. The van der Waals surface area contributed by atoms with E-state index in [1.165, 1.54) is 0 Å². The van der Waals surface area contributed by atoms with Crippen LogP contribution >= 0.6 is 11.6 Å². The largest absolute Gasteiger partial charge is 0.448 e. The van der Waals surface area contributed by atoms with Gasteiger partial charge in [-0.3, -0.25) is 0 Å². The molecule has 1 aliphatic carbocycles. The Kier molecular flexibility index (Phi) is 3.11. The van der Waals surface area contributed by atoms with E-state index < -0.39 is 0 Å². The molecule has 0 unspecified atom stereocenters. The van der Waals surface area contributed by atoms with E-state index in [1.807, 2.05) is 6.07 Å². The van der Waals surface area contributed by atoms with Crippen LogP contribution in [0.15, 0.2) is 16.5 Å². The minimum Gasteiger partial charge on any atom is -0.448 e. The summed E-state index contributed by atoms with van der Waals surface area (Å²) in [5.41, 5.74) is 0. The van der Waals surface area contributed by atoms with E-state index in [2.05, 4.69) is 5.32 Å². The molecule has 78 valence electrons. The molecule has 1 fully saturated rings. The lowest BCUT2D eigenvalue weighted by Crippen LogP contribution is -2.35. The lowest BCUT2D eigenvalue weighted by molar-refractivity contribution is 0.0428. The molecule has 1 aromatic heterocycles. The SMILES string of the molecule is OC1CC(CNCc2ccc(Cl)o2)C1. The number of hydrogen-bond acceptors (Lipinski definition) is 3. The fourth-order valence-corrected chi connectivity index (χ4v) is 1.88. The summed E-state index contributed by atoms with van der Waals surface area (Å²) in [4.78, 5) is 0. The van der Waals surface area contributed by atoms with E-state index in [-0.39, 0.29) is 6.10 Å². The molecule has 2 N–H and O–H groups in total. The van der Waals surface area contributed by atoms with Gasteiger partial charge in [0.15, 0.2) is 5.22 Å². The Morgan fingerprint density at radius 3 is 2.86 bits per heavy atom. The molecule has 0 aliphatic heterocycles. The highest BCUT2D eigenvalue weighted by atomic mass is 35.5. The Bertz CT molecular complexity index is 294. The van der Waals surface area contributed by atoms with Crippen molar-refractivity contribution in [3.8, 4) is 0 Å². The van der Waals surface area contributed by atoms with Gasteiger partial charge in [0.25, 0.3) is 0 Å². The van der Waals surface area contributed by atoms with E-state index in [4.69, 9.17) is 21.1 Å². The van der Waals surface area contributed by atoms with Gasteiger partial charge in [-0.05, 0) is 49.0 Å². The molecule has 0 saturated heterocycles. The summed E-state index contributed by atoms with van der Waals surface area (Å²) in [6.07, 6.45) is 1.78. The van der Waals surface area contributed by atoms with Crippen molar-refractivity contribution in [1.29, 1.82) is 0 Å². The molecule has 2 rings (SSSR count). The van der Waals surface area contributed by atoms with Crippen LogP contribution in [0, 0.1) is 5.92 Å². The van der Waals surface area contributed by atoms with Gasteiger partial charge in [0.2, 0.25) is 0 Å². The Morgan fingerprint density at radius 1 is 1.50 bits per heavy atom. The molecular formula is C10H14ClNO2. The molecule has 14 heavy (non-hydrogen) atoms. The second-order valence-electron chi connectivity index (χ2n) is 3.83. The van der Waals surface area contributed by atoms with Crippen molar-refractivity contribution in [2.45, 2.75) is 25.5 Å². The number of halogens is 1. The first-order valence-electron chi connectivity index (χ1n) is 4.87. The fourth-order valence-electron chi connectivity index (χ4n) is 1.71. The van der Waals surface area contributed by atoms with E-state index in [9.17, 15) is 0 Å². The van der Waals surface area contributed by atoms with Gasteiger partial charge in [-0.2, -0.15) is 0 Å². The van der Waals surface area contributed by atoms with E-state index in [0.29, 0.717) is 17.7 Å². The normalized spacial score (nSPS) is 26.1. The molecule has 0 radical (unpaired) electrons. The number of rotatable bonds is 4. The Hall–Kier alpha value is -0.510. The average Bonchev–Trinajstić information content (AvgIpc) is 2.48. The van der Waals surface area contributed by atoms with Gasteiger partial charge in [-0.15, -0.1) is 0 Å². The smallest absolute Gasteiger partial charge is 0.193 e. The van der Waals surface area contributed by atoms with Gasteiger partial charge in [0.1, 0.15) is 5.76 Å². The average molecular weight is 216 g/mol. The topological polar surface area (TPSA) is 45.4 Å². The quantitative estimate of drug-likeness (QED) is 0.805. The lowest BCUT2D eigenvalue weighted by Gasteiger charge is -2.31. The molecule has 0 atom stereocenters. The zero-order valence-corrected chi connectivity index (χ0v) is 8.63. The van der Waals surface area contributed by atoms with Gasteiger partial charge in [-0.25, -0.2) is 0 Å². The predicted octanol–water partition coefficient (Wildman–Crippen LogP) is 1.79. The van der Waals surface area contributed by atoms with Crippen LogP contribution in [0.2, 0.25) is 5.22 Å². The second-order valence-corrected chi connectivity index (χ2v) is 4.20. The Labute approximate surface area is 88.1 Å². The van der Waals surface area contributed by atoms with Gasteiger partial charge >= 0.3 is 0 Å². The van der Waals surface area contributed by atoms with Crippen molar-refractivity contribution in [1.82, 2.24) is 5.32 Å². The first kappa shape index (κ1) is 10.0. The van der Waals surface area contributed by atoms with Gasteiger partial charge in [-0.1, -0.05) is 0 Å². The summed E-state index contributed by atoms with van der Waals surface area (Å²) in [5, 5.41) is 12.8. The molecule has 3 nitrogen and oxygen atoms in total. The van der Waals surface area contributed by atoms with Crippen molar-refractivity contribution in [2.75, 3.05) is 6.54 Å². The summed E-state index contributed by atoms with van der Waals surface area (Å²) in [6, 6.07) is 3.61. The van der Waals surface area contributed by atoms with Crippen LogP contribution in [0.4, 0.5) is 0 Å². The minimum absolute atomic E-state index is 0.0696. The van der Waals surface area contributed by atoms with Crippen LogP contribution in [0.1, 0.15) is 18.6 Å². The third-order valence-electron chi connectivity index (χ3n) is 2.57. The maximum atomic E-state index is 9.07. The molecule has 1 heterocycles. The van der Waals surface area contributed by atoms with Crippen LogP contribution in [0.5, 0.6) is 0 Å². The molecule has 4 heteroatoms. The molecule has 0 bridgehead atoms. The molecule has 0 spiro atoms. The summed E-state index contributed by atoms with van der Waals surface area (Å²) in [7, 11) is 0. The first-order chi connectivity index (χ1) is 6.74. The van der Waals surface area contributed by atoms with Crippen LogP contribution in [0.25, 0.3) is 0 Å². The van der Waals surface area contributed by atoms with Crippen molar-refractivity contribution >= 4 is 11.6 Å². The number of aliphatic hydroxyl groups is 1. The maximum absolute atomic E-state index is 9.07. The van der Waals surface area contributed by atoms with Crippen LogP contribution in [-0.4, -0.2) is 17.8 Å². The summed E-state index contributed by atoms with van der Waals surface area (Å²) in [5.74, 6) is 1.48. The third-order valence-corrected chi connectivity index (χ3v) is 2.78. The molecule has 0 aromatic carbocycles. The van der Waals surface area contributed by atoms with E-state index in [1.54, 1.807) is 6.07 Å². The molecule has 0 amide bonds. The van der Waals surface area contributed by atoms with Crippen LogP contribution in [0.3, 0.4) is 0 Å². The van der Waals surface area contributed by atoms with Gasteiger partial charge < -0.3 is 14.8 Å². The number of furan rings is 1. The van der Waals surface area contributed by atoms with E-state index in [0.717, 1.165) is 25.1 Å². The minimum atomic E-state index is -0.0696. The van der Waals surface area contributed by atoms with Crippen molar-refractivity contribution in [3.05, 3.63) is 23.1 Å². The first-order valence-corrected chi connectivity index (χ1v) is 5.25. The monoisotopic (exact) mass is 215 g/mol. The van der Waals surface area contributed by atoms with Gasteiger partial charge in [0, 0.05) is 0 Å². The van der Waals surface area contributed by atoms with Crippen LogP contribution in [-0.2, 0) is 6.54 Å². The van der Waals surface area contributed by atoms with Gasteiger partial charge in [0.05, 0.1) is 12.6 Å². The summed E-state index contributed by atoms with van der Waals surface area (Å²) >= 11 is 5.63.